The van der Waals surface area contributed by atoms with Crippen LogP contribution in [0.4, 0.5) is 0 Å². The third-order valence-electron chi connectivity index (χ3n) is 1.48. The molecule has 0 unspecified atom stereocenters. The van der Waals surface area contributed by atoms with Crippen LogP contribution in [0, 0.1) is 0 Å². The topological polar surface area (TPSA) is 35.5 Å². The molecule has 0 saturated heterocycles. The molecule has 1 aromatic rings. The molecular formula is C11H16O3. The maximum Gasteiger partial charge on any atom is 0.165 e. The Labute approximate surface area is 84.6 Å². The lowest BCUT2D eigenvalue weighted by atomic mass is 10.3. The fourth-order valence-corrected chi connectivity index (χ4v) is 0.789. The van der Waals surface area contributed by atoms with Crippen LogP contribution in [0.2, 0.25) is 0 Å². The van der Waals surface area contributed by atoms with Crippen LogP contribution in [0.5, 0.6) is 5.75 Å². The van der Waals surface area contributed by atoms with Crippen molar-refractivity contribution in [1.82, 2.24) is 0 Å². The van der Waals surface area contributed by atoms with Crippen molar-refractivity contribution in [3.8, 4) is 5.75 Å². The molecule has 0 bridgehead atoms. The van der Waals surface area contributed by atoms with Crippen molar-refractivity contribution < 1.29 is 14.6 Å². The van der Waals surface area contributed by atoms with E-state index >= 15 is 0 Å². The zero-order valence-electron chi connectivity index (χ0n) is 8.44. The second-order valence-electron chi connectivity index (χ2n) is 2.57. The van der Waals surface area contributed by atoms with E-state index in [9.17, 15) is 0 Å². The van der Waals surface area contributed by atoms with Crippen LogP contribution >= 0.6 is 0 Å². The summed E-state index contributed by atoms with van der Waals surface area (Å²) in [7, 11) is 0. The molecule has 0 amide bonds. The smallest absolute Gasteiger partial charge is 0.165 e. The average molecular weight is 196 g/mol. The first-order chi connectivity index (χ1) is 6.93. The van der Waals surface area contributed by atoms with E-state index in [4.69, 9.17) is 14.6 Å². The van der Waals surface area contributed by atoms with E-state index in [0.717, 1.165) is 18.6 Å². The van der Waals surface area contributed by atoms with Gasteiger partial charge in [0.25, 0.3) is 0 Å². The molecule has 0 N–H and O–H groups in total. The fourth-order valence-electron chi connectivity index (χ4n) is 0.789. The lowest BCUT2D eigenvalue weighted by Gasteiger charge is -2.02. The lowest BCUT2D eigenvalue weighted by Crippen LogP contribution is -1.98. The summed E-state index contributed by atoms with van der Waals surface area (Å²) in [5.74, 6) is 0.758. The summed E-state index contributed by atoms with van der Waals surface area (Å²) in [6.07, 6.45) is 2.16. The van der Waals surface area contributed by atoms with Gasteiger partial charge in [0.1, 0.15) is 6.79 Å². The van der Waals surface area contributed by atoms with Crippen LogP contribution in [0.1, 0.15) is 19.8 Å². The second-order valence-corrected chi connectivity index (χ2v) is 2.57. The summed E-state index contributed by atoms with van der Waals surface area (Å²) < 4.78 is 0. The van der Waals surface area contributed by atoms with E-state index in [2.05, 4.69) is 6.92 Å². The van der Waals surface area contributed by atoms with Crippen LogP contribution in [0.15, 0.2) is 30.3 Å². The maximum absolute atomic E-state index is 8.00. The molecule has 0 fully saturated rings. The molecule has 0 radical (unpaired) electrons. The van der Waals surface area contributed by atoms with Crippen LogP contribution in [-0.4, -0.2) is 13.4 Å². The molecule has 78 valence electrons. The number of rotatable bonds is 5. The van der Waals surface area contributed by atoms with E-state index in [1.807, 2.05) is 37.1 Å². The molecule has 0 heterocycles. The quantitative estimate of drug-likeness (QED) is 0.412. The Morgan fingerprint density at radius 3 is 2.43 bits per heavy atom. The lowest BCUT2D eigenvalue weighted by molar-refractivity contribution is -0.207. The third-order valence-corrected chi connectivity index (χ3v) is 1.48. The van der Waals surface area contributed by atoms with E-state index < -0.39 is 0 Å². The van der Waals surface area contributed by atoms with E-state index in [0.29, 0.717) is 6.61 Å². The Bertz CT molecular complexity index is 211. The van der Waals surface area contributed by atoms with Crippen molar-refractivity contribution >= 4 is 6.79 Å². The van der Waals surface area contributed by atoms with Gasteiger partial charge in [-0.3, -0.25) is 0 Å². The minimum Gasteiger partial charge on any atom is -0.338 e. The van der Waals surface area contributed by atoms with Gasteiger partial charge in [-0.05, 0) is 18.6 Å². The largest absolute Gasteiger partial charge is 0.338 e. The first-order valence-corrected chi connectivity index (χ1v) is 4.57. The van der Waals surface area contributed by atoms with Crippen molar-refractivity contribution in [1.29, 1.82) is 0 Å². The molecule has 3 heteroatoms. The highest BCUT2D eigenvalue weighted by molar-refractivity contribution is 5.20. The van der Waals surface area contributed by atoms with E-state index in [-0.39, 0.29) is 0 Å². The molecule has 0 spiro atoms. The minimum atomic E-state index is 0.658. The summed E-state index contributed by atoms with van der Waals surface area (Å²) >= 11 is 0. The number of para-hydroxylation sites is 1. The highest BCUT2D eigenvalue weighted by Gasteiger charge is 1.90. The monoisotopic (exact) mass is 196 g/mol. The molecule has 14 heavy (non-hydrogen) atoms. The molecule has 0 atom stereocenters. The first-order valence-electron chi connectivity index (χ1n) is 4.57. The number of benzene rings is 1. The molecule has 0 aliphatic heterocycles. The molecular weight excluding hydrogens is 180 g/mol. The Morgan fingerprint density at radius 1 is 1.21 bits per heavy atom. The number of carbonyl (C=O) groups is 1. The zero-order chi connectivity index (χ0) is 10.6. The van der Waals surface area contributed by atoms with Crippen LogP contribution in [0.25, 0.3) is 0 Å². The second kappa shape index (κ2) is 9.74. The van der Waals surface area contributed by atoms with Crippen molar-refractivity contribution in [2.45, 2.75) is 19.8 Å². The minimum absolute atomic E-state index is 0.658. The zero-order valence-corrected chi connectivity index (χ0v) is 8.44. The van der Waals surface area contributed by atoms with Crippen LogP contribution in [0.3, 0.4) is 0 Å². The van der Waals surface area contributed by atoms with E-state index in [1.54, 1.807) is 0 Å². The van der Waals surface area contributed by atoms with Gasteiger partial charge >= 0.3 is 0 Å². The van der Waals surface area contributed by atoms with Gasteiger partial charge in [-0.25, -0.2) is 0 Å². The van der Waals surface area contributed by atoms with Gasteiger partial charge < -0.3 is 9.68 Å². The van der Waals surface area contributed by atoms with Crippen molar-refractivity contribution in [2.75, 3.05) is 6.61 Å². The van der Waals surface area contributed by atoms with Gasteiger partial charge in [0, 0.05) is 0 Å². The van der Waals surface area contributed by atoms with Gasteiger partial charge in [-0.1, -0.05) is 31.5 Å². The number of carbonyl (C=O) groups excluding carboxylic acids is 1. The Kier molecular flexibility index (Phi) is 8.80. The molecule has 0 aliphatic rings. The van der Waals surface area contributed by atoms with Crippen LogP contribution in [-0.2, 0) is 9.68 Å². The predicted molar refractivity (Wildman–Crippen MR) is 55.1 cm³/mol. The maximum atomic E-state index is 8.00. The third kappa shape index (κ3) is 6.20. The first kappa shape index (κ1) is 12.7. The van der Waals surface area contributed by atoms with Crippen molar-refractivity contribution in [3.63, 3.8) is 0 Å². The SMILES string of the molecule is C=O.CCCCOOc1ccccc1. The molecule has 3 nitrogen and oxygen atoms in total. The Balaban J connectivity index is 0.000000791. The Hall–Kier alpha value is -1.35. The molecule has 0 aliphatic carbocycles. The standard InChI is InChI=1S/C10H14O2.CH2O/c1-2-3-9-11-12-10-7-5-4-6-8-10;1-2/h4-8H,2-3,9H2,1H3;1H2. The van der Waals surface area contributed by atoms with Crippen molar-refractivity contribution in [3.05, 3.63) is 30.3 Å². The van der Waals surface area contributed by atoms with Gasteiger partial charge in [0.05, 0.1) is 6.61 Å². The van der Waals surface area contributed by atoms with Gasteiger partial charge in [-0.2, -0.15) is 4.89 Å². The van der Waals surface area contributed by atoms with E-state index in [1.165, 1.54) is 0 Å². The number of hydrogen-bond donors (Lipinski definition) is 0. The summed E-state index contributed by atoms with van der Waals surface area (Å²) in [5.41, 5.74) is 0. The van der Waals surface area contributed by atoms with Gasteiger partial charge in [0.2, 0.25) is 0 Å². The predicted octanol–water partition coefficient (Wildman–Crippen LogP) is 2.61. The summed E-state index contributed by atoms with van der Waals surface area (Å²) in [6, 6.07) is 9.51. The highest BCUT2D eigenvalue weighted by atomic mass is 17.2. The van der Waals surface area contributed by atoms with Gasteiger partial charge in [-0.15, -0.1) is 0 Å². The van der Waals surface area contributed by atoms with Crippen LogP contribution < -0.4 is 4.89 Å². The normalized spacial score (nSPS) is 8.64. The van der Waals surface area contributed by atoms with Crippen molar-refractivity contribution in [2.24, 2.45) is 0 Å². The Morgan fingerprint density at radius 2 is 1.86 bits per heavy atom. The average Bonchev–Trinajstić information content (AvgIpc) is 2.29. The number of unbranched alkanes of at least 4 members (excludes halogenated alkanes) is 1. The van der Waals surface area contributed by atoms with Gasteiger partial charge in [0.15, 0.2) is 5.75 Å². The highest BCUT2D eigenvalue weighted by Crippen LogP contribution is 2.08. The fraction of sp³-hybridized carbons (Fsp3) is 0.364. The summed E-state index contributed by atoms with van der Waals surface area (Å²) in [4.78, 5) is 18.0. The molecule has 1 rings (SSSR count). The molecule has 0 aromatic heterocycles. The number of hydrogen-bond acceptors (Lipinski definition) is 3. The summed E-state index contributed by atoms with van der Waals surface area (Å²) in [6.45, 7) is 4.78. The molecule has 0 saturated carbocycles. The molecule has 1 aromatic carbocycles. The summed E-state index contributed by atoms with van der Waals surface area (Å²) in [5, 5.41) is 0.